The van der Waals surface area contributed by atoms with E-state index in [2.05, 4.69) is 5.32 Å². The van der Waals surface area contributed by atoms with Gasteiger partial charge < -0.3 is 24.4 Å². The predicted molar refractivity (Wildman–Crippen MR) is 118 cm³/mol. The van der Waals surface area contributed by atoms with E-state index in [1.54, 1.807) is 55.5 Å². The number of anilines is 2. The summed E-state index contributed by atoms with van der Waals surface area (Å²) in [5.41, 5.74) is 2.88. The van der Waals surface area contributed by atoms with E-state index in [9.17, 15) is 9.59 Å². The van der Waals surface area contributed by atoms with E-state index in [-0.39, 0.29) is 11.8 Å². The molecule has 158 valence electrons. The third-order valence-electron chi connectivity index (χ3n) is 5.12. The second-order valence-corrected chi connectivity index (χ2v) is 7.17. The lowest BCUT2D eigenvalue weighted by Gasteiger charge is -2.17. The molecule has 3 aromatic carbocycles. The van der Waals surface area contributed by atoms with Crippen molar-refractivity contribution in [2.24, 2.45) is 0 Å². The number of aryl methyl sites for hydroxylation is 1. The van der Waals surface area contributed by atoms with Crippen LogP contribution in [0.15, 0.2) is 54.6 Å². The van der Waals surface area contributed by atoms with Crippen LogP contribution in [0.1, 0.15) is 26.3 Å². The van der Waals surface area contributed by atoms with Gasteiger partial charge in [0.2, 0.25) is 0 Å². The number of nitrogens with one attached hydrogen (secondary N) is 1. The van der Waals surface area contributed by atoms with Gasteiger partial charge in [-0.1, -0.05) is 6.07 Å². The fraction of sp³-hybridized carbons (Fsp3) is 0.167. The minimum absolute atomic E-state index is 0.225. The highest BCUT2D eigenvalue weighted by Crippen LogP contribution is 2.39. The molecule has 1 aliphatic heterocycles. The van der Waals surface area contributed by atoms with Crippen molar-refractivity contribution in [3.63, 3.8) is 0 Å². The molecule has 0 aliphatic carbocycles. The number of ether oxygens (including phenoxy) is 3. The topological polar surface area (TPSA) is 77.1 Å². The van der Waals surface area contributed by atoms with Crippen molar-refractivity contribution in [2.45, 2.75) is 6.92 Å². The number of nitrogens with zero attached hydrogens (tertiary/aromatic N) is 1. The van der Waals surface area contributed by atoms with Crippen molar-refractivity contribution in [3.8, 4) is 23.0 Å². The van der Waals surface area contributed by atoms with Crippen molar-refractivity contribution in [3.05, 3.63) is 71.3 Å². The molecule has 0 saturated heterocycles. The van der Waals surface area contributed by atoms with Crippen LogP contribution < -0.4 is 24.4 Å². The first kappa shape index (κ1) is 20.3. The lowest BCUT2D eigenvalue weighted by atomic mass is 10.1. The number of hydrogen-bond acceptors (Lipinski definition) is 5. The van der Waals surface area contributed by atoms with Gasteiger partial charge in [0.25, 0.3) is 11.8 Å². The van der Waals surface area contributed by atoms with E-state index in [0.29, 0.717) is 45.5 Å². The van der Waals surface area contributed by atoms with Crippen LogP contribution in [-0.2, 0) is 0 Å². The normalized spacial score (nSPS) is 12.3. The van der Waals surface area contributed by atoms with Gasteiger partial charge in [0, 0.05) is 18.8 Å². The summed E-state index contributed by atoms with van der Waals surface area (Å²) in [5.74, 6) is 1.40. The van der Waals surface area contributed by atoms with E-state index < -0.39 is 0 Å². The van der Waals surface area contributed by atoms with Gasteiger partial charge in [-0.05, 0) is 55.0 Å². The van der Waals surface area contributed by atoms with Gasteiger partial charge >= 0.3 is 0 Å². The maximum absolute atomic E-state index is 13.1. The van der Waals surface area contributed by atoms with Gasteiger partial charge in [0.15, 0.2) is 5.75 Å². The summed E-state index contributed by atoms with van der Waals surface area (Å²) in [6.45, 7) is 1.96. The maximum atomic E-state index is 13.1. The molecule has 2 amide bonds. The molecule has 0 bridgehead atoms. The average Bonchev–Trinajstić information content (AvgIpc) is 2.88. The molecule has 0 aromatic heterocycles. The molecular weight excluding hydrogens is 396 g/mol. The van der Waals surface area contributed by atoms with E-state index in [1.165, 1.54) is 7.11 Å². The molecule has 0 spiro atoms. The average molecular weight is 418 g/mol. The highest BCUT2D eigenvalue weighted by Gasteiger charge is 2.26. The summed E-state index contributed by atoms with van der Waals surface area (Å²) < 4.78 is 16.5. The van der Waals surface area contributed by atoms with Gasteiger partial charge in [0.1, 0.15) is 17.2 Å². The molecule has 0 fully saturated rings. The second kappa shape index (κ2) is 8.02. The number of amides is 2. The number of hydrogen-bond donors (Lipinski definition) is 1. The second-order valence-electron chi connectivity index (χ2n) is 7.17. The van der Waals surface area contributed by atoms with Gasteiger partial charge in [0.05, 0.1) is 31.0 Å². The van der Waals surface area contributed by atoms with E-state index >= 15 is 0 Å². The molecule has 0 unspecified atom stereocenters. The smallest absolute Gasteiger partial charge is 0.261 e. The van der Waals surface area contributed by atoms with Gasteiger partial charge in [-0.25, -0.2) is 0 Å². The minimum Gasteiger partial charge on any atom is -0.497 e. The van der Waals surface area contributed by atoms with E-state index in [0.717, 1.165) is 5.56 Å². The third kappa shape index (κ3) is 3.77. The Morgan fingerprint density at radius 3 is 2.48 bits per heavy atom. The molecule has 1 N–H and O–H groups in total. The first-order valence-electron chi connectivity index (χ1n) is 9.65. The molecule has 0 saturated carbocycles. The van der Waals surface area contributed by atoms with Crippen LogP contribution in [0, 0.1) is 6.92 Å². The Morgan fingerprint density at radius 2 is 1.74 bits per heavy atom. The number of benzene rings is 3. The van der Waals surface area contributed by atoms with E-state index in [1.807, 2.05) is 25.1 Å². The van der Waals surface area contributed by atoms with Gasteiger partial charge in [-0.2, -0.15) is 0 Å². The number of carbonyl (C=O) groups excluding carboxylic acids is 2. The van der Waals surface area contributed by atoms with Crippen molar-refractivity contribution in [1.82, 2.24) is 0 Å². The first-order valence-corrected chi connectivity index (χ1v) is 9.65. The summed E-state index contributed by atoms with van der Waals surface area (Å²) in [6.07, 6.45) is 0. The molecule has 7 heteroatoms. The van der Waals surface area contributed by atoms with Gasteiger partial charge in [-0.15, -0.1) is 0 Å². The molecule has 0 radical (unpaired) electrons. The zero-order chi connectivity index (χ0) is 22.1. The lowest BCUT2D eigenvalue weighted by molar-refractivity contribution is 0.0989. The zero-order valence-corrected chi connectivity index (χ0v) is 17.7. The van der Waals surface area contributed by atoms with Crippen molar-refractivity contribution in [2.75, 3.05) is 31.5 Å². The summed E-state index contributed by atoms with van der Waals surface area (Å²) in [5, 5.41) is 2.82. The number of methoxy groups -OCH3 is 2. The van der Waals surface area contributed by atoms with Crippen LogP contribution in [0.4, 0.5) is 11.4 Å². The third-order valence-corrected chi connectivity index (χ3v) is 5.12. The molecule has 1 aliphatic rings. The van der Waals surface area contributed by atoms with Crippen LogP contribution in [0.5, 0.6) is 23.0 Å². The molecular formula is C24H22N2O5. The minimum atomic E-state index is -0.367. The Labute approximate surface area is 180 Å². The molecule has 3 aromatic rings. The van der Waals surface area contributed by atoms with Gasteiger partial charge in [-0.3, -0.25) is 9.59 Å². The maximum Gasteiger partial charge on any atom is 0.261 e. The quantitative estimate of drug-likeness (QED) is 0.668. The molecule has 31 heavy (non-hydrogen) atoms. The molecule has 0 atom stereocenters. The van der Waals surface area contributed by atoms with Crippen molar-refractivity contribution in [1.29, 1.82) is 0 Å². The van der Waals surface area contributed by atoms with Crippen molar-refractivity contribution < 1.29 is 23.8 Å². The standard InChI is InChI=1S/C24H22N2O5/c1-14-5-9-21-19(11-14)26(2)24(28)18-12-15(6-10-20(18)31-21)25-23(27)17-8-7-16(29-3)13-22(17)30-4/h5-13H,1-4H3,(H,25,27). The summed E-state index contributed by atoms with van der Waals surface area (Å²) >= 11 is 0. The molecule has 7 nitrogen and oxygen atoms in total. The molecule has 4 rings (SSSR count). The van der Waals surface area contributed by atoms with E-state index in [4.69, 9.17) is 14.2 Å². The highest BCUT2D eigenvalue weighted by atomic mass is 16.5. The Kier molecular flexibility index (Phi) is 5.25. The van der Waals surface area contributed by atoms with Crippen LogP contribution in [0.25, 0.3) is 0 Å². The number of rotatable bonds is 4. The predicted octanol–water partition coefficient (Wildman–Crippen LogP) is 4.65. The largest absolute Gasteiger partial charge is 0.497 e. The van der Waals surface area contributed by atoms with Crippen LogP contribution in [0.3, 0.4) is 0 Å². The fourth-order valence-electron chi connectivity index (χ4n) is 3.43. The zero-order valence-electron chi connectivity index (χ0n) is 17.7. The highest BCUT2D eigenvalue weighted by molar-refractivity contribution is 6.11. The monoisotopic (exact) mass is 418 g/mol. The molecule has 1 heterocycles. The van der Waals surface area contributed by atoms with Crippen LogP contribution >= 0.6 is 0 Å². The fourth-order valence-corrected chi connectivity index (χ4v) is 3.43. The first-order chi connectivity index (χ1) is 14.9. The summed E-state index contributed by atoms with van der Waals surface area (Å²) in [6, 6.07) is 15.6. The van der Waals surface area contributed by atoms with Crippen LogP contribution in [0.2, 0.25) is 0 Å². The lowest BCUT2D eigenvalue weighted by Crippen LogP contribution is -2.25. The number of fused-ring (bicyclic) bond motifs is 2. The summed E-state index contributed by atoms with van der Waals surface area (Å²) in [7, 11) is 4.73. The number of carbonyl (C=O) groups is 2. The Bertz CT molecular complexity index is 1190. The summed E-state index contributed by atoms with van der Waals surface area (Å²) in [4.78, 5) is 27.5. The Balaban J connectivity index is 1.65. The van der Waals surface area contributed by atoms with Crippen molar-refractivity contribution >= 4 is 23.2 Å². The Hall–Kier alpha value is -4.00. The van der Waals surface area contributed by atoms with Crippen LogP contribution in [-0.4, -0.2) is 33.1 Å². The SMILES string of the molecule is COc1ccc(C(=O)Nc2ccc3c(c2)C(=O)N(C)c2cc(C)ccc2O3)c(OC)c1. The Morgan fingerprint density at radius 1 is 0.968 bits per heavy atom.